The second-order valence-electron chi connectivity index (χ2n) is 5.25. The van der Waals surface area contributed by atoms with Crippen LogP contribution in [0.25, 0.3) is 0 Å². The number of ether oxygens (including phenoxy) is 1. The molecule has 3 rings (SSSR count). The molecule has 0 aromatic carbocycles. The number of carboxylic acids is 1. The molecule has 1 saturated heterocycles. The lowest BCUT2D eigenvalue weighted by Crippen LogP contribution is -2.34. The van der Waals surface area contributed by atoms with Crippen LogP contribution in [0.15, 0.2) is 6.07 Å². The third-order valence-corrected chi connectivity index (χ3v) is 4.05. The van der Waals surface area contributed by atoms with Gasteiger partial charge in [0.05, 0.1) is 12.6 Å². The molecule has 1 atom stereocenters. The average molecular weight is 262 g/mol. The molecule has 1 unspecified atom stereocenters. The fourth-order valence-electron chi connectivity index (χ4n) is 2.89. The average Bonchev–Trinajstić information content (AvgIpc) is 3.06. The SMILES string of the molecule is CN(c1nc2c(cc1C(=O)O)CCC2)C1CCOC1. The van der Waals surface area contributed by atoms with Crippen LogP contribution in [0, 0.1) is 0 Å². The van der Waals surface area contributed by atoms with Gasteiger partial charge in [-0.15, -0.1) is 0 Å². The van der Waals surface area contributed by atoms with Crippen LogP contribution in [-0.2, 0) is 17.6 Å². The van der Waals surface area contributed by atoms with Crippen LogP contribution in [0.1, 0.15) is 34.5 Å². The lowest BCUT2D eigenvalue weighted by molar-refractivity contribution is 0.0697. The monoisotopic (exact) mass is 262 g/mol. The summed E-state index contributed by atoms with van der Waals surface area (Å²) in [6.45, 7) is 1.39. The number of nitrogens with zero attached hydrogens (tertiary/aromatic N) is 2. The minimum Gasteiger partial charge on any atom is -0.478 e. The van der Waals surface area contributed by atoms with Gasteiger partial charge in [0.25, 0.3) is 0 Å². The van der Waals surface area contributed by atoms with Gasteiger partial charge in [0.1, 0.15) is 11.4 Å². The van der Waals surface area contributed by atoms with E-state index in [-0.39, 0.29) is 6.04 Å². The first-order valence-corrected chi connectivity index (χ1v) is 6.73. The molecule has 1 aliphatic carbocycles. The number of fused-ring (bicyclic) bond motifs is 1. The lowest BCUT2D eigenvalue weighted by atomic mass is 10.1. The lowest BCUT2D eigenvalue weighted by Gasteiger charge is -2.26. The van der Waals surface area contributed by atoms with Crippen molar-refractivity contribution in [2.75, 3.05) is 25.2 Å². The molecule has 1 aromatic rings. The fourth-order valence-corrected chi connectivity index (χ4v) is 2.89. The Balaban J connectivity index is 2.00. The summed E-state index contributed by atoms with van der Waals surface area (Å²) < 4.78 is 5.38. The number of aromatic carboxylic acids is 1. The Morgan fingerprint density at radius 2 is 2.37 bits per heavy atom. The van der Waals surface area contributed by atoms with Crippen LogP contribution >= 0.6 is 0 Å². The van der Waals surface area contributed by atoms with Crippen molar-refractivity contribution in [3.05, 3.63) is 22.9 Å². The number of anilines is 1. The number of hydrogen-bond acceptors (Lipinski definition) is 4. The zero-order valence-electron chi connectivity index (χ0n) is 11.1. The Kier molecular flexibility index (Phi) is 3.14. The van der Waals surface area contributed by atoms with Crippen LogP contribution in [0.5, 0.6) is 0 Å². The predicted octanol–water partition coefficient (Wildman–Crippen LogP) is 1.49. The van der Waals surface area contributed by atoms with Crippen LogP contribution < -0.4 is 4.90 Å². The summed E-state index contributed by atoms with van der Waals surface area (Å²) in [4.78, 5) is 18.0. The standard InChI is InChI=1S/C14H18N2O3/c1-16(10-5-6-19-8-10)13-11(14(17)18)7-9-3-2-4-12(9)15-13/h7,10H,2-6,8H2,1H3,(H,17,18). The molecule has 5 heteroatoms. The van der Waals surface area contributed by atoms with Gasteiger partial charge in [-0.1, -0.05) is 0 Å². The molecule has 0 radical (unpaired) electrons. The van der Waals surface area contributed by atoms with Crippen molar-refractivity contribution < 1.29 is 14.6 Å². The molecule has 1 N–H and O–H groups in total. The molecule has 2 heterocycles. The number of hydrogen-bond donors (Lipinski definition) is 1. The number of pyridine rings is 1. The first-order valence-electron chi connectivity index (χ1n) is 6.73. The van der Waals surface area contributed by atoms with E-state index in [1.54, 1.807) is 6.07 Å². The van der Waals surface area contributed by atoms with E-state index in [2.05, 4.69) is 4.98 Å². The Bertz CT molecular complexity index is 510. The molecule has 0 amide bonds. The highest BCUT2D eigenvalue weighted by atomic mass is 16.5. The summed E-state index contributed by atoms with van der Waals surface area (Å²) in [5.74, 6) is -0.313. The van der Waals surface area contributed by atoms with E-state index in [1.807, 2.05) is 11.9 Å². The molecule has 19 heavy (non-hydrogen) atoms. The summed E-state index contributed by atoms with van der Waals surface area (Å²) in [6, 6.07) is 2.03. The van der Waals surface area contributed by atoms with E-state index in [1.165, 1.54) is 0 Å². The normalized spacial score (nSPS) is 21.4. The summed E-state index contributed by atoms with van der Waals surface area (Å²) in [5.41, 5.74) is 2.47. The van der Waals surface area contributed by atoms with E-state index < -0.39 is 5.97 Å². The third-order valence-electron chi connectivity index (χ3n) is 4.05. The first-order chi connectivity index (χ1) is 9.16. The first kappa shape index (κ1) is 12.4. The number of aromatic nitrogens is 1. The minimum absolute atomic E-state index is 0.227. The van der Waals surface area contributed by atoms with Crippen LogP contribution in [-0.4, -0.2) is 42.4 Å². The van der Waals surface area contributed by atoms with Crippen molar-refractivity contribution in [1.29, 1.82) is 0 Å². The van der Waals surface area contributed by atoms with Gasteiger partial charge >= 0.3 is 5.97 Å². The highest BCUT2D eigenvalue weighted by molar-refractivity contribution is 5.93. The zero-order chi connectivity index (χ0) is 13.4. The number of carbonyl (C=O) groups is 1. The van der Waals surface area contributed by atoms with Crippen molar-refractivity contribution in [3.8, 4) is 0 Å². The quantitative estimate of drug-likeness (QED) is 0.894. The highest BCUT2D eigenvalue weighted by Gasteiger charge is 2.27. The molecule has 5 nitrogen and oxygen atoms in total. The van der Waals surface area contributed by atoms with Crippen molar-refractivity contribution in [1.82, 2.24) is 4.98 Å². The highest BCUT2D eigenvalue weighted by Crippen LogP contribution is 2.29. The van der Waals surface area contributed by atoms with Gasteiger partial charge < -0.3 is 14.7 Å². The molecular weight excluding hydrogens is 244 g/mol. The fraction of sp³-hybridized carbons (Fsp3) is 0.571. The molecule has 0 bridgehead atoms. The predicted molar refractivity (Wildman–Crippen MR) is 70.8 cm³/mol. The Labute approximate surface area is 112 Å². The summed E-state index contributed by atoms with van der Waals surface area (Å²) in [7, 11) is 1.91. The third kappa shape index (κ3) is 2.18. The Morgan fingerprint density at radius 3 is 3.05 bits per heavy atom. The summed E-state index contributed by atoms with van der Waals surface area (Å²) in [6.07, 6.45) is 3.89. The van der Waals surface area contributed by atoms with E-state index >= 15 is 0 Å². The van der Waals surface area contributed by atoms with Gasteiger partial charge in [0.15, 0.2) is 0 Å². The number of likely N-dealkylation sites (N-methyl/N-ethyl adjacent to an activating group) is 1. The largest absolute Gasteiger partial charge is 0.478 e. The second kappa shape index (κ2) is 4.81. The van der Waals surface area contributed by atoms with Crippen molar-refractivity contribution in [2.24, 2.45) is 0 Å². The number of carboxylic acid groups (broad SMARTS) is 1. The van der Waals surface area contributed by atoms with Gasteiger partial charge in [0.2, 0.25) is 0 Å². The molecule has 1 fully saturated rings. The maximum Gasteiger partial charge on any atom is 0.339 e. The maximum absolute atomic E-state index is 11.4. The maximum atomic E-state index is 11.4. The smallest absolute Gasteiger partial charge is 0.339 e. The van der Waals surface area contributed by atoms with E-state index in [0.717, 1.165) is 43.5 Å². The van der Waals surface area contributed by atoms with Crippen molar-refractivity contribution in [3.63, 3.8) is 0 Å². The molecule has 102 valence electrons. The van der Waals surface area contributed by atoms with E-state index in [9.17, 15) is 9.90 Å². The Morgan fingerprint density at radius 1 is 1.53 bits per heavy atom. The van der Waals surface area contributed by atoms with Gasteiger partial charge in [-0.2, -0.15) is 0 Å². The van der Waals surface area contributed by atoms with Crippen molar-refractivity contribution >= 4 is 11.8 Å². The van der Waals surface area contributed by atoms with Crippen molar-refractivity contribution in [2.45, 2.75) is 31.7 Å². The van der Waals surface area contributed by atoms with E-state index in [4.69, 9.17) is 4.74 Å². The minimum atomic E-state index is -0.900. The molecule has 0 saturated carbocycles. The van der Waals surface area contributed by atoms with Gasteiger partial charge in [-0.05, 0) is 37.3 Å². The molecule has 1 aliphatic heterocycles. The second-order valence-corrected chi connectivity index (χ2v) is 5.25. The summed E-state index contributed by atoms with van der Waals surface area (Å²) in [5, 5.41) is 9.39. The van der Waals surface area contributed by atoms with Crippen LogP contribution in [0.4, 0.5) is 5.82 Å². The molecule has 1 aromatic heterocycles. The van der Waals surface area contributed by atoms with Crippen LogP contribution in [0.2, 0.25) is 0 Å². The van der Waals surface area contributed by atoms with Crippen LogP contribution in [0.3, 0.4) is 0 Å². The summed E-state index contributed by atoms with van der Waals surface area (Å²) >= 11 is 0. The number of rotatable bonds is 3. The Hall–Kier alpha value is -1.62. The topological polar surface area (TPSA) is 62.7 Å². The van der Waals surface area contributed by atoms with Gasteiger partial charge in [-0.3, -0.25) is 0 Å². The van der Waals surface area contributed by atoms with E-state index in [0.29, 0.717) is 18.0 Å². The molecular formula is C14H18N2O3. The molecule has 0 spiro atoms. The van der Waals surface area contributed by atoms with Gasteiger partial charge in [-0.25, -0.2) is 9.78 Å². The van der Waals surface area contributed by atoms with Gasteiger partial charge in [0, 0.05) is 19.3 Å². The zero-order valence-corrected chi connectivity index (χ0v) is 11.1. The number of aryl methyl sites for hydroxylation is 2. The molecule has 2 aliphatic rings.